The molecule has 1 aromatic heterocycles. The van der Waals surface area contributed by atoms with E-state index in [0.29, 0.717) is 0 Å². The normalized spacial score (nSPS) is 11.9. The molecule has 0 unspecified atom stereocenters. The summed E-state index contributed by atoms with van der Waals surface area (Å²) in [5.74, 6) is 0. The van der Waals surface area contributed by atoms with Crippen LogP contribution in [0.1, 0.15) is 0 Å². The second kappa shape index (κ2) is 10.9. The van der Waals surface area contributed by atoms with Crippen molar-refractivity contribution in [1.82, 2.24) is 0 Å². The molecule has 0 N–H and O–H groups in total. The van der Waals surface area contributed by atoms with Crippen LogP contribution in [0.15, 0.2) is 186 Å². The molecular formula is C50H30O. The SMILES string of the molecule is c1ccc(-c2c3ccccc3c(-c3ccc4cc(-c5ccc6cc7c(cc6c5)oc5ccc6ccccc6c57)ccc4c3)c3ccccc23)cc1. The van der Waals surface area contributed by atoms with E-state index in [-0.39, 0.29) is 0 Å². The zero-order valence-corrected chi connectivity index (χ0v) is 27.7. The maximum atomic E-state index is 6.40. The molecule has 0 saturated heterocycles. The van der Waals surface area contributed by atoms with Gasteiger partial charge in [0.1, 0.15) is 11.2 Å². The van der Waals surface area contributed by atoms with E-state index in [2.05, 4.69) is 182 Å². The first kappa shape index (κ1) is 28.2. The van der Waals surface area contributed by atoms with E-state index < -0.39 is 0 Å². The van der Waals surface area contributed by atoms with E-state index in [0.717, 1.165) is 11.2 Å². The lowest BCUT2D eigenvalue weighted by Crippen LogP contribution is -1.90. The van der Waals surface area contributed by atoms with Crippen LogP contribution in [-0.4, -0.2) is 0 Å². The highest BCUT2D eigenvalue weighted by Crippen LogP contribution is 2.44. The third-order valence-corrected chi connectivity index (χ3v) is 10.8. The van der Waals surface area contributed by atoms with Gasteiger partial charge in [-0.05, 0) is 124 Å². The number of fused-ring (bicyclic) bond motifs is 9. The molecule has 0 aliphatic carbocycles. The molecule has 0 bridgehead atoms. The van der Waals surface area contributed by atoms with Crippen molar-refractivity contribution >= 4 is 75.8 Å². The van der Waals surface area contributed by atoms with Gasteiger partial charge in [-0.3, -0.25) is 0 Å². The Balaban J connectivity index is 1.03. The Morgan fingerprint density at radius 2 is 0.745 bits per heavy atom. The molecule has 11 rings (SSSR count). The molecule has 10 aromatic carbocycles. The van der Waals surface area contributed by atoms with Crippen molar-refractivity contribution in [1.29, 1.82) is 0 Å². The van der Waals surface area contributed by atoms with Crippen molar-refractivity contribution in [2.24, 2.45) is 0 Å². The van der Waals surface area contributed by atoms with E-state index >= 15 is 0 Å². The highest BCUT2D eigenvalue weighted by molar-refractivity contribution is 6.22. The van der Waals surface area contributed by atoms with Crippen molar-refractivity contribution in [3.63, 3.8) is 0 Å². The zero-order valence-electron chi connectivity index (χ0n) is 27.7. The average Bonchev–Trinajstić information content (AvgIpc) is 3.56. The van der Waals surface area contributed by atoms with Gasteiger partial charge >= 0.3 is 0 Å². The van der Waals surface area contributed by atoms with Crippen molar-refractivity contribution < 1.29 is 4.42 Å². The molecule has 1 nitrogen and oxygen atoms in total. The fraction of sp³-hybridized carbons (Fsp3) is 0. The minimum absolute atomic E-state index is 0.925. The van der Waals surface area contributed by atoms with Gasteiger partial charge in [0.05, 0.1) is 0 Å². The van der Waals surface area contributed by atoms with Gasteiger partial charge in [0, 0.05) is 10.8 Å². The first-order valence-corrected chi connectivity index (χ1v) is 17.6. The van der Waals surface area contributed by atoms with Gasteiger partial charge in [-0.25, -0.2) is 0 Å². The summed E-state index contributed by atoms with van der Waals surface area (Å²) < 4.78 is 6.40. The first-order valence-electron chi connectivity index (χ1n) is 17.6. The number of rotatable bonds is 3. The van der Waals surface area contributed by atoms with Crippen molar-refractivity contribution in [2.75, 3.05) is 0 Å². The third-order valence-electron chi connectivity index (χ3n) is 10.8. The Hall–Kier alpha value is -6.70. The van der Waals surface area contributed by atoms with E-state index in [1.165, 1.54) is 98.0 Å². The Morgan fingerprint density at radius 1 is 0.255 bits per heavy atom. The van der Waals surface area contributed by atoms with Gasteiger partial charge < -0.3 is 4.42 Å². The van der Waals surface area contributed by atoms with Gasteiger partial charge in [0.25, 0.3) is 0 Å². The first-order chi connectivity index (χ1) is 25.3. The van der Waals surface area contributed by atoms with Crippen LogP contribution in [-0.2, 0) is 0 Å². The lowest BCUT2D eigenvalue weighted by atomic mass is 9.85. The Bertz CT molecular complexity index is 3130. The molecule has 0 saturated carbocycles. The summed E-state index contributed by atoms with van der Waals surface area (Å²) in [5, 5.41) is 14.8. The molecular weight excluding hydrogens is 617 g/mol. The lowest BCUT2D eigenvalue weighted by Gasteiger charge is -2.18. The van der Waals surface area contributed by atoms with Crippen LogP contribution in [0.25, 0.3) is 109 Å². The van der Waals surface area contributed by atoms with Crippen LogP contribution >= 0.6 is 0 Å². The second-order valence-electron chi connectivity index (χ2n) is 13.7. The van der Waals surface area contributed by atoms with Crippen LogP contribution in [0.4, 0.5) is 0 Å². The van der Waals surface area contributed by atoms with E-state index in [1.807, 2.05) is 0 Å². The molecule has 1 heteroatoms. The summed E-state index contributed by atoms with van der Waals surface area (Å²) in [7, 11) is 0. The maximum absolute atomic E-state index is 6.40. The third kappa shape index (κ3) is 4.35. The minimum atomic E-state index is 0.925. The Labute approximate surface area is 294 Å². The highest BCUT2D eigenvalue weighted by Gasteiger charge is 2.17. The zero-order chi connectivity index (χ0) is 33.5. The Kier molecular flexibility index (Phi) is 6.02. The highest BCUT2D eigenvalue weighted by atomic mass is 16.3. The molecule has 0 spiro atoms. The molecule has 0 radical (unpaired) electrons. The molecule has 51 heavy (non-hydrogen) atoms. The second-order valence-corrected chi connectivity index (χ2v) is 13.7. The number of furan rings is 1. The van der Waals surface area contributed by atoms with Crippen LogP contribution in [0.2, 0.25) is 0 Å². The van der Waals surface area contributed by atoms with Crippen molar-refractivity contribution in [3.8, 4) is 33.4 Å². The molecule has 0 aliphatic heterocycles. The van der Waals surface area contributed by atoms with Gasteiger partial charge in [0.15, 0.2) is 0 Å². The summed E-state index contributed by atoms with van der Waals surface area (Å²) in [6, 6.07) is 66.4. The minimum Gasteiger partial charge on any atom is -0.456 e. The molecule has 11 aromatic rings. The van der Waals surface area contributed by atoms with Crippen LogP contribution in [0, 0.1) is 0 Å². The lowest BCUT2D eigenvalue weighted by molar-refractivity contribution is 0.670. The quantitative estimate of drug-likeness (QED) is 0.174. The predicted molar refractivity (Wildman–Crippen MR) is 218 cm³/mol. The standard InChI is InChI=1S/C50H30O/c1-2-11-32(12-3-1)48-41-14-6-8-16-43(41)49(44-17-9-7-15-42(44)48)38-23-22-34-26-33(18-19-35(34)27-38)36-20-21-37-29-45-47(30-39(37)28-36)51-46-25-24-31-10-4-5-13-40(31)50(45)46/h1-30H. The molecule has 1 heterocycles. The number of benzene rings is 10. The average molecular weight is 647 g/mol. The van der Waals surface area contributed by atoms with Crippen molar-refractivity contribution in [2.45, 2.75) is 0 Å². The monoisotopic (exact) mass is 646 g/mol. The van der Waals surface area contributed by atoms with Gasteiger partial charge in [-0.2, -0.15) is 0 Å². The Morgan fingerprint density at radius 3 is 1.41 bits per heavy atom. The van der Waals surface area contributed by atoms with Crippen LogP contribution in [0.5, 0.6) is 0 Å². The predicted octanol–water partition coefficient (Wildman–Crippen LogP) is 14.4. The summed E-state index contributed by atoms with van der Waals surface area (Å²) >= 11 is 0. The molecule has 0 fully saturated rings. The van der Waals surface area contributed by atoms with Crippen molar-refractivity contribution in [3.05, 3.63) is 182 Å². The van der Waals surface area contributed by atoms with E-state index in [4.69, 9.17) is 4.42 Å². The molecule has 0 amide bonds. The fourth-order valence-electron chi connectivity index (χ4n) is 8.41. The maximum Gasteiger partial charge on any atom is 0.136 e. The smallest absolute Gasteiger partial charge is 0.136 e. The van der Waals surface area contributed by atoms with E-state index in [9.17, 15) is 0 Å². The summed E-state index contributed by atoms with van der Waals surface area (Å²) in [4.78, 5) is 0. The summed E-state index contributed by atoms with van der Waals surface area (Å²) in [6.45, 7) is 0. The molecule has 0 atom stereocenters. The van der Waals surface area contributed by atoms with Gasteiger partial charge in [-0.15, -0.1) is 0 Å². The van der Waals surface area contributed by atoms with Crippen LogP contribution in [0.3, 0.4) is 0 Å². The number of hydrogen-bond donors (Lipinski definition) is 0. The van der Waals surface area contributed by atoms with E-state index in [1.54, 1.807) is 0 Å². The van der Waals surface area contributed by atoms with Gasteiger partial charge in [0.2, 0.25) is 0 Å². The number of hydrogen-bond acceptors (Lipinski definition) is 1. The largest absolute Gasteiger partial charge is 0.456 e. The topological polar surface area (TPSA) is 13.1 Å². The van der Waals surface area contributed by atoms with Crippen LogP contribution < -0.4 is 0 Å². The summed E-state index contributed by atoms with van der Waals surface area (Å²) in [6.07, 6.45) is 0. The van der Waals surface area contributed by atoms with Gasteiger partial charge in [-0.1, -0.05) is 146 Å². The molecule has 0 aliphatic rings. The summed E-state index contributed by atoms with van der Waals surface area (Å²) in [5.41, 5.74) is 9.31. The fourth-order valence-corrected chi connectivity index (χ4v) is 8.41. The molecule has 236 valence electrons.